The highest BCUT2D eigenvalue weighted by Crippen LogP contribution is 2.49. The second kappa shape index (κ2) is 6.73. The van der Waals surface area contributed by atoms with Gasteiger partial charge in [0.05, 0.1) is 0 Å². The van der Waals surface area contributed by atoms with Crippen molar-refractivity contribution in [3.05, 3.63) is 65.2 Å². The number of hydrogen-bond acceptors (Lipinski definition) is 2. The third kappa shape index (κ3) is 3.06. The number of hydrogen-bond donors (Lipinski definition) is 1. The quantitative estimate of drug-likeness (QED) is 0.828. The molecule has 28 heavy (non-hydrogen) atoms. The predicted molar refractivity (Wildman–Crippen MR) is 114 cm³/mol. The van der Waals surface area contributed by atoms with Crippen molar-refractivity contribution in [1.82, 2.24) is 4.90 Å². The third-order valence-corrected chi connectivity index (χ3v) is 7.61. The zero-order valence-electron chi connectivity index (χ0n) is 16.9. The van der Waals surface area contributed by atoms with Crippen LogP contribution >= 0.6 is 0 Å². The second-order valence-corrected chi connectivity index (χ2v) is 9.36. The number of carbonyl (C=O) groups excluding carboxylic acids is 1. The van der Waals surface area contributed by atoms with Gasteiger partial charge in [0.2, 0.25) is 0 Å². The van der Waals surface area contributed by atoms with Crippen molar-refractivity contribution in [3.63, 3.8) is 0 Å². The van der Waals surface area contributed by atoms with Gasteiger partial charge >= 0.3 is 0 Å². The molecule has 3 nitrogen and oxygen atoms in total. The molecule has 0 radical (unpaired) electrons. The van der Waals surface area contributed by atoms with E-state index in [0.29, 0.717) is 12.0 Å². The molecule has 2 bridgehead atoms. The smallest absolute Gasteiger partial charge is 0.255 e. The molecular weight excluding hydrogens is 344 g/mol. The molecule has 3 atom stereocenters. The second-order valence-electron chi connectivity index (χ2n) is 9.36. The first kappa shape index (κ1) is 17.9. The van der Waals surface area contributed by atoms with Crippen molar-refractivity contribution in [2.45, 2.75) is 51.0 Å². The van der Waals surface area contributed by atoms with Crippen LogP contribution in [0.3, 0.4) is 0 Å². The fourth-order valence-electron chi connectivity index (χ4n) is 5.43. The first-order valence-corrected chi connectivity index (χ1v) is 10.8. The maximum atomic E-state index is 12.8. The van der Waals surface area contributed by atoms with E-state index in [1.165, 1.54) is 43.5 Å². The summed E-state index contributed by atoms with van der Waals surface area (Å²) in [5.74, 6) is 1.56. The summed E-state index contributed by atoms with van der Waals surface area (Å²) in [4.78, 5) is 15.6. The van der Waals surface area contributed by atoms with E-state index >= 15 is 0 Å². The van der Waals surface area contributed by atoms with E-state index in [2.05, 4.69) is 36.2 Å². The zero-order chi connectivity index (χ0) is 19.3. The lowest BCUT2D eigenvalue weighted by molar-refractivity contribution is 0.0284. The van der Waals surface area contributed by atoms with E-state index in [4.69, 9.17) is 0 Å². The van der Waals surface area contributed by atoms with Gasteiger partial charge in [0.15, 0.2) is 0 Å². The van der Waals surface area contributed by atoms with Gasteiger partial charge in [0.1, 0.15) is 0 Å². The molecule has 0 spiro atoms. The predicted octanol–water partition coefficient (Wildman–Crippen LogP) is 4.87. The molecule has 2 aromatic rings. The van der Waals surface area contributed by atoms with E-state index in [0.717, 1.165) is 23.6 Å². The van der Waals surface area contributed by atoms with Gasteiger partial charge < -0.3 is 5.32 Å². The number of piperidine rings is 1. The van der Waals surface area contributed by atoms with E-state index in [-0.39, 0.29) is 11.3 Å². The summed E-state index contributed by atoms with van der Waals surface area (Å²) in [6, 6.07) is 16.8. The molecular formula is C25H30N2O. The van der Waals surface area contributed by atoms with Gasteiger partial charge in [-0.25, -0.2) is 0 Å². The Bertz CT molecular complexity index is 889. The maximum Gasteiger partial charge on any atom is 0.255 e. The Morgan fingerprint density at radius 3 is 2.71 bits per heavy atom. The minimum atomic E-state index is -0.0152. The van der Waals surface area contributed by atoms with Crippen molar-refractivity contribution in [1.29, 1.82) is 0 Å². The van der Waals surface area contributed by atoms with Crippen molar-refractivity contribution >= 4 is 11.6 Å². The van der Waals surface area contributed by atoms with Gasteiger partial charge in [-0.2, -0.15) is 0 Å². The van der Waals surface area contributed by atoms with E-state index in [9.17, 15) is 4.79 Å². The number of benzene rings is 2. The number of nitrogens with zero attached hydrogens (tertiary/aromatic N) is 1. The lowest BCUT2D eigenvalue weighted by atomic mass is 9.59. The van der Waals surface area contributed by atoms with Gasteiger partial charge in [-0.1, -0.05) is 38.1 Å². The SMILES string of the molecule is C[C@@H]1[C@@H]2Cc3ccc(C(=O)Nc4ccccc4)cc3[C@@]1(C)CCN2CC1CC1. The Labute approximate surface area is 168 Å². The number of rotatable bonds is 4. The van der Waals surface area contributed by atoms with Gasteiger partial charge in [-0.15, -0.1) is 0 Å². The number of nitrogens with one attached hydrogen (secondary N) is 1. The largest absolute Gasteiger partial charge is 0.322 e. The van der Waals surface area contributed by atoms with Crippen LogP contribution in [-0.2, 0) is 11.8 Å². The Morgan fingerprint density at radius 2 is 1.96 bits per heavy atom. The summed E-state index contributed by atoms with van der Waals surface area (Å²) in [6.45, 7) is 7.35. The molecule has 0 aromatic heterocycles. The van der Waals surface area contributed by atoms with Crippen LogP contribution in [0.5, 0.6) is 0 Å². The highest BCUT2D eigenvalue weighted by atomic mass is 16.1. The molecule has 1 saturated carbocycles. The Kier molecular flexibility index (Phi) is 4.31. The minimum Gasteiger partial charge on any atom is -0.322 e. The average Bonchev–Trinajstić information content (AvgIpc) is 3.52. The van der Waals surface area contributed by atoms with Crippen molar-refractivity contribution in [2.75, 3.05) is 18.4 Å². The summed E-state index contributed by atoms with van der Waals surface area (Å²) in [5, 5.41) is 3.03. The molecule has 1 aliphatic heterocycles. The van der Waals surface area contributed by atoms with E-state index in [1.54, 1.807) is 0 Å². The number of fused-ring (bicyclic) bond motifs is 4. The molecule has 3 aliphatic rings. The number of carbonyl (C=O) groups is 1. The number of likely N-dealkylation sites (tertiary alicyclic amines) is 1. The third-order valence-electron chi connectivity index (χ3n) is 7.61. The summed E-state index contributed by atoms with van der Waals surface area (Å²) >= 11 is 0. The minimum absolute atomic E-state index is 0.0152. The van der Waals surface area contributed by atoms with Gasteiger partial charge in [-0.05, 0) is 84.9 Å². The van der Waals surface area contributed by atoms with Crippen molar-refractivity contribution in [2.24, 2.45) is 11.8 Å². The molecule has 1 heterocycles. The fourth-order valence-corrected chi connectivity index (χ4v) is 5.43. The molecule has 146 valence electrons. The maximum absolute atomic E-state index is 12.8. The molecule has 2 fully saturated rings. The highest BCUT2D eigenvalue weighted by molar-refractivity contribution is 6.04. The number of amides is 1. The molecule has 5 rings (SSSR count). The Hall–Kier alpha value is -2.13. The van der Waals surface area contributed by atoms with Crippen LogP contribution < -0.4 is 5.32 Å². The van der Waals surface area contributed by atoms with Crippen molar-refractivity contribution < 1.29 is 4.79 Å². The molecule has 1 N–H and O–H groups in total. The van der Waals surface area contributed by atoms with Crippen LogP contribution in [0.15, 0.2) is 48.5 Å². The normalized spacial score (nSPS) is 29.2. The standard InChI is InChI=1S/C25H30N2O/c1-17-23-15-19-10-11-20(24(28)26-21-6-4-3-5-7-21)14-22(19)25(17,2)12-13-27(23)16-18-8-9-18/h3-7,10-11,14,17-18,23H,8-9,12-13,15-16H2,1-2H3,(H,26,28)/t17-,23+,25+/m1/s1. The van der Waals surface area contributed by atoms with Gasteiger partial charge in [0.25, 0.3) is 5.91 Å². The Morgan fingerprint density at radius 1 is 1.18 bits per heavy atom. The molecule has 2 aliphatic carbocycles. The van der Waals surface area contributed by atoms with Crippen LogP contribution in [-0.4, -0.2) is 29.9 Å². The van der Waals surface area contributed by atoms with Gasteiger partial charge in [-0.3, -0.25) is 9.69 Å². The van der Waals surface area contributed by atoms with Gasteiger partial charge in [0, 0.05) is 23.8 Å². The number of anilines is 1. The first-order valence-electron chi connectivity index (χ1n) is 10.8. The molecule has 0 unspecified atom stereocenters. The van der Waals surface area contributed by atoms with Crippen LogP contribution in [0.2, 0.25) is 0 Å². The summed E-state index contributed by atoms with van der Waals surface area (Å²) in [5.41, 5.74) is 4.64. The Balaban J connectivity index is 1.42. The van der Waals surface area contributed by atoms with Crippen LogP contribution in [0.1, 0.15) is 54.6 Å². The molecule has 2 aromatic carbocycles. The first-order chi connectivity index (χ1) is 13.5. The summed E-state index contributed by atoms with van der Waals surface area (Å²) < 4.78 is 0. The lowest BCUT2D eigenvalue weighted by Crippen LogP contribution is -2.58. The molecule has 1 amide bonds. The topological polar surface area (TPSA) is 32.3 Å². The van der Waals surface area contributed by atoms with E-state index in [1.807, 2.05) is 36.4 Å². The molecule has 3 heteroatoms. The van der Waals surface area contributed by atoms with E-state index < -0.39 is 0 Å². The van der Waals surface area contributed by atoms with Crippen LogP contribution in [0, 0.1) is 11.8 Å². The van der Waals surface area contributed by atoms with Crippen LogP contribution in [0.25, 0.3) is 0 Å². The van der Waals surface area contributed by atoms with Crippen molar-refractivity contribution in [3.8, 4) is 0 Å². The summed E-state index contributed by atoms with van der Waals surface area (Å²) in [6.07, 6.45) is 5.16. The monoisotopic (exact) mass is 374 g/mol. The highest BCUT2D eigenvalue weighted by Gasteiger charge is 2.49. The molecule has 1 saturated heterocycles. The summed E-state index contributed by atoms with van der Waals surface area (Å²) in [7, 11) is 0. The zero-order valence-corrected chi connectivity index (χ0v) is 16.9. The lowest BCUT2D eigenvalue weighted by Gasteiger charge is -2.55. The average molecular weight is 375 g/mol. The van der Waals surface area contributed by atoms with Crippen LogP contribution in [0.4, 0.5) is 5.69 Å². The fraction of sp³-hybridized carbons (Fsp3) is 0.480. The number of para-hydroxylation sites is 1.